The summed E-state index contributed by atoms with van der Waals surface area (Å²) in [5.74, 6) is -2.00. The first kappa shape index (κ1) is 26.5. The number of benzene rings is 1. The quantitative estimate of drug-likeness (QED) is 0.519. The lowest BCUT2D eigenvalue weighted by Crippen LogP contribution is -2.57. The third kappa shape index (κ3) is 4.89. The fourth-order valence-electron chi connectivity index (χ4n) is 7.38. The van der Waals surface area contributed by atoms with E-state index in [2.05, 4.69) is 21.6 Å². The number of ether oxygens (including phenoxy) is 2. The molecule has 1 saturated carbocycles. The van der Waals surface area contributed by atoms with Gasteiger partial charge in [-0.2, -0.15) is 0 Å². The number of rotatable bonds is 7. The summed E-state index contributed by atoms with van der Waals surface area (Å²) in [7, 11) is 0. The maximum Gasteiger partial charge on any atom is 0.246 e. The Bertz CT molecular complexity index is 1140. The van der Waals surface area contributed by atoms with Gasteiger partial charge in [-0.1, -0.05) is 37.5 Å². The van der Waals surface area contributed by atoms with Gasteiger partial charge >= 0.3 is 0 Å². The highest BCUT2D eigenvalue weighted by Gasteiger charge is 2.72. The van der Waals surface area contributed by atoms with Crippen molar-refractivity contribution in [1.29, 1.82) is 0 Å². The summed E-state index contributed by atoms with van der Waals surface area (Å²) in [6.45, 7) is 7.97. The zero-order valence-corrected chi connectivity index (χ0v) is 23.0. The summed E-state index contributed by atoms with van der Waals surface area (Å²) in [4.78, 5) is 45.7. The van der Waals surface area contributed by atoms with Crippen molar-refractivity contribution in [2.75, 3.05) is 44.7 Å². The van der Waals surface area contributed by atoms with Crippen LogP contribution in [0.5, 0.6) is 0 Å². The molecule has 9 heteroatoms. The Labute approximate surface area is 230 Å². The van der Waals surface area contributed by atoms with Crippen LogP contribution in [0.2, 0.25) is 0 Å². The largest absolute Gasteiger partial charge is 0.379 e. The molecule has 0 aromatic heterocycles. The van der Waals surface area contributed by atoms with Crippen molar-refractivity contribution < 1.29 is 23.9 Å². The van der Waals surface area contributed by atoms with Crippen LogP contribution in [0.15, 0.2) is 30.4 Å². The number of carbonyl (C=O) groups excluding carboxylic acids is 3. The van der Waals surface area contributed by atoms with Gasteiger partial charge in [-0.3, -0.25) is 19.3 Å². The SMILES string of the molecule is Cc1cc(C)cc(NC(=O)[C@@H]2[C@H]3C=C[C@@]4(O3)[C@H]2C(=O)N(CCN2CCOCC2)[C@@H]4C(=O)NC2CCCCC2)c1. The number of hydrogen-bond acceptors (Lipinski definition) is 6. The molecule has 4 heterocycles. The van der Waals surface area contributed by atoms with Crippen molar-refractivity contribution >= 4 is 23.4 Å². The number of amides is 3. The maximum absolute atomic E-state index is 14.1. The van der Waals surface area contributed by atoms with Gasteiger partial charge in [0.1, 0.15) is 11.6 Å². The number of carbonyl (C=O) groups is 3. The Morgan fingerprint density at radius 2 is 1.72 bits per heavy atom. The Morgan fingerprint density at radius 3 is 2.44 bits per heavy atom. The van der Waals surface area contributed by atoms with Crippen LogP contribution in [0.25, 0.3) is 0 Å². The van der Waals surface area contributed by atoms with E-state index in [4.69, 9.17) is 9.47 Å². The normalized spacial score (nSPS) is 32.5. The second-order valence-corrected chi connectivity index (χ2v) is 11.9. The van der Waals surface area contributed by atoms with Crippen molar-refractivity contribution in [3.8, 4) is 0 Å². The monoisotopic (exact) mass is 536 g/mol. The Hall–Kier alpha value is -2.75. The predicted molar refractivity (Wildman–Crippen MR) is 146 cm³/mol. The van der Waals surface area contributed by atoms with Gasteiger partial charge in [0.15, 0.2) is 0 Å². The van der Waals surface area contributed by atoms with E-state index in [1.165, 1.54) is 6.42 Å². The Kier molecular flexibility index (Phi) is 7.24. The molecule has 1 aromatic carbocycles. The molecular weight excluding hydrogens is 496 g/mol. The van der Waals surface area contributed by atoms with Crippen molar-refractivity contribution in [1.82, 2.24) is 15.1 Å². The molecule has 6 rings (SSSR count). The third-order valence-electron chi connectivity index (χ3n) is 9.13. The highest BCUT2D eigenvalue weighted by Crippen LogP contribution is 2.55. The first-order valence-electron chi connectivity index (χ1n) is 14.5. The molecule has 5 aliphatic rings. The van der Waals surface area contributed by atoms with Gasteiger partial charge < -0.3 is 25.0 Å². The van der Waals surface area contributed by atoms with E-state index in [1.54, 1.807) is 4.90 Å². The number of aryl methyl sites for hydroxylation is 2. The van der Waals surface area contributed by atoms with Crippen molar-refractivity contribution in [3.05, 3.63) is 41.5 Å². The van der Waals surface area contributed by atoms with Gasteiger partial charge in [0.05, 0.1) is 31.2 Å². The van der Waals surface area contributed by atoms with E-state index in [0.717, 1.165) is 49.9 Å². The maximum atomic E-state index is 14.1. The molecule has 1 aromatic rings. The van der Waals surface area contributed by atoms with E-state index < -0.39 is 29.6 Å². The molecule has 210 valence electrons. The van der Waals surface area contributed by atoms with E-state index in [9.17, 15) is 14.4 Å². The van der Waals surface area contributed by atoms with E-state index in [0.29, 0.717) is 32.0 Å². The Morgan fingerprint density at radius 1 is 1.00 bits per heavy atom. The summed E-state index contributed by atoms with van der Waals surface area (Å²) in [5, 5.41) is 6.30. The molecule has 3 saturated heterocycles. The van der Waals surface area contributed by atoms with Crippen LogP contribution in [-0.4, -0.2) is 90.7 Å². The molecular formula is C30H40N4O5. The van der Waals surface area contributed by atoms with Gasteiger partial charge in [-0.15, -0.1) is 0 Å². The molecule has 2 bridgehead atoms. The number of nitrogens with one attached hydrogen (secondary N) is 2. The summed E-state index contributed by atoms with van der Waals surface area (Å²) < 4.78 is 12.0. The lowest BCUT2D eigenvalue weighted by atomic mass is 9.74. The van der Waals surface area contributed by atoms with Crippen molar-refractivity contribution in [2.45, 2.75) is 69.7 Å². The standard InChI is InChI=1S/C30H40N4O5/c1-19-16-20(2)18-22(17-19)32-27(35)24-23-8-9-30(39-23)25(24)29(37)34(11-10-33-12-14-38-15-13-33)26(30)28(36)31-21-6-4-3-5-7-21/h8-9,16-18,21,23-26H,3-7,10-15H2,1-2H3,(H,31,36)(H,32,35)/t23-,24-,25-,26-,30-/m1/s1. The van der Waals surface area contributed by atoms with Crippen LogP contribution < -0.4 is 10.6 Å². The number of nitrogens with zero attached hydrogens (tertiary/aromatic N) is 2. The summed E-state index contributed by atoms with van der Waals surface area (Å²) in [6.07, 6.45) is 8.54. The van der Waals surface area contributed by atoms with Crippen molar-refractivity contribution in [2.24, 2.45) is 11.8 Å². The minimum absolute atomic E-state index is 0.115. The lowest BCUT2D eigenvalue weighted by molar-refractivity contribution is -0.141. The summed E-state index contributed by atoms with van der Waals surface area (Å²) >= 11 is 0. The highest BCUT2D eigenvalue weighted by molar-refractivity contribution is 6.02. The topological polar surface area (TPSA) is 100 Å². The molecule has 2 N–H and O–H groups in total. The van der Waals surface area contributed by atoms with E-state index >= 15 is 0 Å². The molecule has 0 radical (unpaired) electrons. The number of fused-ring (bicyclic) bond motifs is 1. The molecule has 4 fully saturated rings. The fraction of sp³-hybridized carbons (Fsp3) is 0.633. The number of morpholine rings is 1. The van der Waals surface area contributed by atoms with Gasteiger partial charge in [0.25, 0.3) is 0 Å². The molecule has 3 amide bonds. The lowest BCUT2D eigenvalue weighted by Gasteiger charge is -2.35. The Balaban J connectivity index is 1.27. The van der Waals surface area contributed by atoms with Crippen LogP contribution in [-0.2, 0) is 23.9 Å². The van der Waals surface area contributed by atoms with E-state index in [1.807, 2.05) is 38.1 Å². The first-order chi connectivity index (χ1) is 18.9. The van der Waals surface area contributed by atoms with E-state index in [-0.39, 0.29) is 23.8 Å². The molecule has 39 heavy (non-hydrogen) atoms. The fourth-order valence-corrected chi connectivity index (χ4v) is 7.38. The molecule has 5 atom stereocenters. The molecule has 1 spiro atoms. The zero-order chi connectivity index (χ0) is 27.1. The minimum atomic E-state index is -1.13. The van der Waals surface area contributed by atoms with Gasteiger partial charge in [-0.05, 0) is 49.9 Å². The molecule has 1 aliphatic carbocycles. The second-order valence-electron chi connectivity index (χ2n) is 11.9. The minimum Gasteiger partial charge on any atom is -0.379 e. The molecule has 4 aliphatic heterocycles. The van der Waals surface area contributed by atoms with Crippen LogP contribution >= 0.6 is 0 Å². The average molecular weight is 537 g/mol. The molecule has 9 nitrogen and oxygen atoms in total. The van der Waals surface area contributed by atoms with Gasteiger partial charge in [0.2, 0.25) is 17.7 Å². The van der Waals surface area contributed by atoms with Crippen LogP contribution in [0.1, 0.15) is 43.2 Å². The third-order valence-corrected chi connectivity index (χ3v) is 9.13. The summed E-state index contributed by atoms with van der Waals surface area (Å²) in [6, 6.07) is 5.23. The van der Waals surface area contributed by atoms with Gasteiger partial charge in [0, 0.05) is 37.9 Å². The zero-order valence-electron chi connectivity index (χ0n) is 23.0. The first-order valence-corrected chi connectivity index (χ1v) is 14.5. The van der Waals surface area contributed by atoms with Crippen LogP contribution in [0, 0.1) is 25.7 Å². The molecule has 0 unspecified atom stereocenters. The highest BCUT2D eigenvalue weighted by atomic mass is 16.5. The van der Waals surface area contributed by atoms with Crippen LogP contribution in [0.4, 0.5) is 5.69 Å². The van der Waals surface area contributed by atoms with Crippen molar-refractivity contribution in [3.63, 3.8) is 0 Å². The number of likely N-dealkylation sites (tertiary alicyclic amines) is 1. The number of anilines is 1. The average Bonchev–Trinajstić information content (AvgIpc) is 3.55. The van der Waals surface area contributed by atoms with Crippen LogP contribution in [0.3, 0.4) is 0 Å². The van der Waals surface area contributed by atoms with Gasteiger partial charge in [-0.25, -0.2) is 0 Å². The summed E-state index contributed by atoms with van der Waals surface area (Å²) in [5.41, 5.74) is 1.68. The smallest absolute Gasteiger partial charge is 0.246 e. The second kappa shape index (κ2) is 10.7. The number of hydrogen-bond donors (Lipinski definition) is 2. The predicted octanol–water partition coefficient (Wildman–Crippen LogP) is 2.17.